The maximum Gasteiger partial charge on any atom is 0.268 e. The second-order valence-electron chi connectivity index (χ2n) is 39.3. The summed E-state index contributed by atoms with van der Waals surface area (Å²) in [5, 5.41) is 3.98. The van der Waals surface area contributed by atoms with Gasteiger partial charge in [0.15, 0.2) is 0 Å². The van der Waals surface area contributed by atoms with E-state index in [1.807, 2.05) is 187 Å². The first kappa shape index (κ1) is 76.3. The first-order chi connectivity index (χ1) is 79.9. The van der Waals surface area contributed by atoms with E-state index in [2.05, 4.69) is 202 Å². The molecule has 0 bridgehead atoms. The molecule has 0 unspecified atom stereocenters. The van der Waals surface area contributed by atoms with Crippen molar-refractivity contribution < 1.29 is 92.9 Å². The predicted octanol–water partition coefficient (Wildman–Crippen LogP) is 27.4. The second kappa shape index (κ2) is 40.2. The SMILES string of the molecule is [2H]c1c([2H])c([2H])c(-c2cccc(-c3c([2H])c([2H])c([2H])c([2H])c3[2H])c2-[n+]2[c-]n(-c3[c-]c(Oc4[c-]c5c(cc4)c4ccccc4n5-c4cc(C(C)(C)C)ccn4)cc(B(c4c(C)cc(C)cc4C)c4c(C)cc(C)cc4C)c3)c3ccccc32)c([2H])c1[2H].[2H]c1c([2H])c([2H])c(-c2cccc(-c3c([2H])c([2H])c([2H])c([2H])c3[2H])c2-[n+]2[c-]n(-c3[c-]c(Oc4[c-]c5c(cc4)c4ccccc4n5-c4cc(C(C)(C)C)ccn4)cc(B4c5ccccc5Oc5ccccc54)c3)c3ccccc32)c([2H])c1[2H].[Pt].[Pt]. The van der Waals surface area contributed by atoms with E-state index < -0.39 is 121 Å². The molecule has 0 saturated carbocycles. The summed E-state index contributed by atoms with van der Waals surface area (Å²) in [5.74, 6) is 4.36. The maximum absolute atomic E-state index is 9.27. The van der Waals surface area contributed by atoms with Crippen molar-refractivity contribution in [2.75, 3.05) is 0 Å². The number of para-hydroxylation sites is 10. The van der Waals surface area contributed by atoms with Crippen LogP contribution in [-0.4, -0.2) is 41.7 Å². The smallest absolute Gasteiger partial charge is 0.268 e. The third-order valence-corrected chi connectivity index (χ3v) is 27.5. The van der Waals surface area contributed by atoms with E-state index in [-0.39, 0.29) is 122 Å². The molecule has 0 N–H and O–H groups in total. The standard InChI is InChI=1S/C70H59BN4O.C64H45BN4O2.2Pt/c1-45-35-47(3)67(48(4)36-45)71(68-49(5)37-46(2)38-50(68)6)54-40-55(42-57(41-54)76-56-31-32-61-60-25-16-17-28-62(60)75(65(61)43-56)66-39-53(33-34-72-66)70(7,8)9)73-44-74(64-30-19-18-29-63(64)73)69-58(51-21-12-10-13-22-51)26-20-27-59(69)52-23-14-11-15-24-52;1-64(2,3)45-35-36-66-62(37-45)69-56-28-13-10-23-52(56)53-34-33-48(41-59(53)69)70-49-39-46(65-54-26-11-16-31-60(54)71-61-32-17-12-27-55(61)65)38-47(40-49)67-42-68(58-30-15-14-29-57(58)67)63-50(43-19-6-4-7-20-43)24-18-25-51(63)44-21-8-5-9-22-44;;/h10-41H,1-9H3;4-39H,1-3H3;;/q2*-2;;/i10D,11D,12D,13D,14D,15D,21D,22D,23D,24D;4D,5D,6D,7D,8D,9D,19D,20D,21D,22D;;. The monoisotopic (exact) mass is 2300 g/mol. The van der Waals surface area contributed by atoms with Crippen molar-refractivity contribution in [3.63, 3.8) is 0 Å². The summed E-state index contributed by atoms with van der Waals surface area (Å²) in [6.07, 6.45) is 10.8. The zero-order chi connectivity index (χ0) is 117. The van der Waals surface area contributed by atoms with Gasteiger partial charge in [-0.2, -0.15) is 35.2 Å². The molecule has 7 heterocycles. The third kappa shape index (κ3) is 18.3. The number of imidazole rings is 2. The Balaban J connectivity index is 0.000000184. The Bertz CT molecular complexity index is 10200. The van der Waals surface area contributed by atoms with Crippen molar-refractivity contribution in [3.05, 3.63) is 494 Å². The average molecular weight is 2310 g/mol. The van der Waals surface area contributed by atoms with Gasteiger partial charge in [-0.15, -0.1) is 59.3 Å². The molecule has 0 atom stereocenters. The summed E-state index contributed by atoms with van der Waals surface area (Å²) >= 11 is 0. The number of nitrogens with zero attached hydrogens (tertiary/aromatic N) is 8. The van der Waals surface area contributed by atoms with Gasteiger partial charge in [0, 0.05) is 88.6 Å². The van der Waals surface area contributed by atoms with E-state index in [1.54, 1.807) is 50.1 Å². The molecule has 25 rings (SSSR count). The largest absolute Gasteiger partial charge is 0.510 e. The number of aryl methyl sites for hydroxylation is 6. The fourth-order valence-electron chi connectivity index (χ4n) is 21.1. The number of pyridine rings is 2. The first-order valence-electron chi connectivity index (χ1n) is 58.7. The van der Waals surface area contributed by atoms with E-state index >= 15 is 0 Å². The number of fused-ring (bicyclic) bond motifs is 10. The number of aromatic nitrogens is 8. The summed E-state index contributed by atoms with van der Waals surface area (Å²) in [4.78, 5) is 9.80. The number of ether oxygens (including phenoxy) is 3. The Morgan fingerprint density at radius 3 is 1.11 bits per heavy atom. The molecule has 11 nitrogen and oxygen atoms in total. The second-order valence-corrected chi connectivity index (χ2v) is 39.3. The van der Waals surface area contributed by atoms with Crippen LogP contribution in [0.5, 0.6) is 34.5 Å². The van der Waals surface area contributed by atoms with Crippen molar-refractivity contribution in [1.29, 1.82) is 0 Å². The van der Waals surface area contributed by atoms with Crippen LogP contribution in [0, 0.1) is 78.5 Å². The molecule has 0 saturated heterocycles. The molecule has 24 aromatic rings. The van der Waals surface area contributed by atoms with Crippen molar-refractivity contribution in [1.82, 2.24) is 28.2 Å². The van der Waals surface area contributed by atoms with Crippen LogP contribution in [0.25, 0.3) is 145 Å². The molecule has 1 aliphatic heterocycles. The summed E-state index contributed by atoms with van der Waals surface area (Å²) < 4.78 is 210. The van der Waals surface area contributed by atoms with Crippen molar-refractivity contribution in [3.8, 4) is 113 Å². The summed E-state index contributed by atoms with van der Waals surface area (Å²) in [6.45, 7) is 25.2. The van der Waals surface area contributed by atoms with Crippen LogP contribution in [0.2, 0.25) is 0 Å². The van der Waals surface area contributed by atoms with Gasteiger partial charge in [0.05, 0.1) is 60.9 Å². The van der Waals surface area contributed by atoms with Crippen molar-refractivity contribution in [2.45, 2.75) is 93.9 Å². The van der Waals surface area contributed by atoms with Gasteiger partial charge in [0.25, 0.3) is 12.7 Å². The average Bonchev–Trinajstić information content (AvgIpc) is 1.11. The van der Waals surface area contributed by atoms with Gasteiger partial charge in [0.2, 0.25) is 13.4 Å². The minimum Gasteiger partial charge on any atom is -0.510 e. The minimum atomic E-state index is -0.584. The number of rotatable bonds is 18. The van der Waals surface area contributed by atoms with E-state index in [9.17, 15) is 11.0 Å². The normalized spacial score (nSPS) is 13.7. The Morgan fingerprint density at radius 1 is 0.349 bits per heavy atom. The quantitative estimate of drug-likeness (QED) is 0.0486. The molecule has 15 heteroatoms. The van der Waals surface area contributed by atoms with E-state index in [1.165, 1.54) is 0 Å². The molecule has 0 amide bonds. The maximum atomic E-state index is 9.27. The van der Waals surface area contributed by atoms with Gasteiger partial charge in [-0.05, 0) is 190 Å². The van der Waals surface area contributed by atoms with E-state index in [0.717, 1.165) is 133 Å². The molecule has 0 aliphatic carbocycles. The van der Waals surface area contributed by atoms with Gasteiger partial charge in [-0.1, -0.05) is 400 Å². The molecular formula is C134H104B2N8O3Pt2-4. The predicted molar refractivity (Wildman–Crippen MR) is 603 cm³/mol. The van der Waals surface area contributed by atoms with Gasteiger partial charge in [-0.25, -0.2) is 9.97 Å². The number of hydrogen-bond acceptors (Lipinski definition) is 5. The fraction of sp³-hybridized carbons (Fsp3) is 0.104. The van der Waals surface area contributed by atoms with Crippen LogP contribution >= 0.6 is 0 Å². The molecule has 0 fully saturated rings. The van der Waals surface area contributed by atoms with Crippen LogP contribution in [0.1, 0.15) is 113 Å². The third-order valence-electron chi connectivity index (χ3n) is 27.5. The van der Waals surface area contributed by atoms with Gasteiger partial charge < -0.3 is 32.5 Å². The molecule has 18 aromatic carbocycles. The molecular weight excluding hydrogens is 2180 g/mol. The van der Waals surface area contributed by atoms with Gasteiger partial charge in [0.1, 0.15) is 23.1 Å². The van der Waals surface area contributed by atoms with Crippen molar-refractivity contribution in [2.24, 2.45) is 0 Å². The fourth-order valence-corrected chi connectivity index (χ4v) is 21.1. The Hall–Kier alpha value is -16.3. The first-order valence-corrected chi connectivity index (χ1v) is 48.7. The zero-order valence-electron chi connectivity index (χ0n) is 103. The number of benzene rings is 18. The topological polar surface area (TPSA) is 81.0 Å². The Morgan fingerprint density at radius 2 is 0.711 bits per heavy atom. The Kier molecular flexibility index (Phi) is 20.6. The van der Waals surface area contributed by atoms with Crippen LogP contribution < -0.4 is 56.1 Å². The van der Waals surface area contributed by atoms with Gasteiger partial charge in [-0.3, -0.25) is 9.13 Å². The van der Waals surface area contributed by atoms with E-state index in [4.69, 9.17) is 40.6 Å². The van der Waals surface area contributed by atoms with Crippen LogP contribution in [-0.2, 0) is 53.0 Å². The van der Waals surface area contributed by atoms with Crippen LogP contribution in [0.4, 0.5) is 0 Å². The van der Waals surface area contributed by atoms with Gasteiger partial charge >= 0.3 is 0 Å². The molecule has 6 aromatic heterocycles. The summed E-state index contributed by atoms with van der Waals surface area (Å²) in [7, 11) is 0. The molecule has 728 valence electrons. The summed E-state index contributed by atoms with van der Waals surface area (Å²) in [5.41, 5.74) is 21.3. The number of hydrogen-bond donors (Lipinski definition) is 0. The van der Waals surface area contributed by atoms with Crippen molar-refractivity contribution >= 4 is 112 Å². The van der Waals surface area contributed by atoms with E-state index in [0.29, 0.717) is 67.9 Å². The molecule has 0 radical (unpaired) electrons. The zero-order valence-corrected chi connectivity index (χ0v) is 87.8. The van der Waals surface area contributed by atoms with Crippen LogP contribution in [0.15, 0.2) is 412 Å². The Labute approximate surface area is 927 Å². The molecule has 1 aliphatic rings. The molecule has 0 spiro atoms. The summed E-state index contributed by atoms with van der Waals surface area (Å²) in [6, 6.07) is 93.6. The molecule has 149 heavy (non-hydrogen) atoms. The van der Waals surface area contributed by atoms with Crippen LogP contribution in [0.3, 0.4) is 0 Å². The minimum absolute atomic E-state index is 0.